The largest absolute Gasteiger partial charge is 0.472 e. The summed E-state index contributed by atoms with van der Waals surface area (Å²) in [6.07, 6.45) is 3.63. The minimum Gasteiger partial charge on any atom is -0.472 e. The van der Waals surface area contributed by atoms with Crippen LogP contribution in [0.15, 0.2) is 41.2 Å². The van der Waals surface area contributed by atoms with E-state index in [4.69, 9.17) is 4.42 Å². The molecule has 0 fully saturated rings. The molecule has 0 aliphatic heterocycles. The fourth-order valence-electron chi connectivity index (χ4n) is 1.77. The van der Waals surface area contributed by atoms with Gasteiger partial charge in [0.15, 0.2) is 0 Å². The van der Waals surface area contributed by atoms with Crippen LogP contribution in [0.3, 0.4) is 0 Å². The average molecular weight is 237 g/mol. The zero-order valence-electron chi connectivity index (χ0n) is 9.41. The highest BCUT2D eigenvalue weighted by atomic mass is 19.1. The molecule has 1 atom stereocenters. The molecule has 2 rings (SSSR count). The van der Waals surface area contributed by atoms with Crippen LogP contribution >= 0.6 is 0 Å². The quantitative estimate of drug-likeness (QED) is 0.884. The van der Waals surface area contributed by atoms with Gasteiger partial charge in [0.1, 0.15) is 11.6 Å². The molecule has 0 aliphatic rings. The number of hydrogen-bond acceptors (Lipinski definition) is 2. The van der Waals surface area contributed by atoms with Gasteiger partial charge in [-0.25, -0.2) is 8.78 Å². The second-order valence-corrected chi connectivity index (χ2v) is 3.84. The lowest BCUT2D eigenvalue weighted by atomic mass is 10.0. The zero-order valence-corrected chi connectivity index (χ0v) is 9.41. The van der Waals surface area contributed by atoms with Gasteiger partial charge in [-0.3, -0.25) is 0 Å². The number of furan rings is 1. The van der Waals surface area contributed by atoms with Gasteiger partial charge in [-0.2, -0.15) is 0 Å². The lowest BCUT2D eigenvalue weighted by Crippen LogP contribution is -2.18. The monoisotopic (exact) mass is 237 g/mol. The number of halogens is 2. The highest BCUT2D eigenvalue weighted by molar-refractivity contribution is 5.22. The average Bonchev–Trinajstić information content (AvgIpc) is 2.81. The van der Waals surface area contributed by atoms with Gasteiger partial charge in [-0.05, 0) is 31.2 Å². The van der Waals surface area contributed by atoms with E-state index in [9.17, 15) is 8.78 Å². The van der Waals surface area contributed by atoms with Crippen molar-refractivity contribution >= 4 is 0 Å². The van der Waals surface area contributed by atoms with E-state index in [1.54, 1.807) is 19.6 Å². The summed E-state index contributed by atoms with van der Waals surface area (Å²) in [6, 6.07) is 5.41. The molecule has 0 saturated carbocycles. The molecular formula is C13H13F2NO. The molecule has 0 aliphatic carbocycles. The lowest BCUT2D eigenvalue weighted by molar-refractivity contribution is 0.526. The second-order valence-electron chi connectivity index (χ2n) is 3.84. The number of rotatable bonds is 4. The SMILES string of the molecule is CNC(Cc1ccc(F)cc1F)c1ccoc1. The van der Waals surface area contributed by atoms with E-state index in [0.717, 1.165) is 11.6 Å². The minimum absolute atomic E-state index is 0.0475. The first-order chi connectivity index (χ1) is 8.20. The Labute approximate surface area is 98.3 Å². The molecule has 0 spiro atoms. The zero-order chi connectivity index (χ0) is 12.3. The van der Waals surface area contributed by atoms with E-state index in [-0.39, 0.29) is 6.04 Å². The first kappa shape index (κ1) is 11.8. The van der Waals surface area contributed by atoms with E-state index in [2.05, 4.69) is 5.32 Å². The topological polar surface area (TPSA) is 25.2 Å². The van der Waals surface area contributed by atoms with E-state index in [1.807, 2.05) is 6.07 Å². The molecule has 1 aromatic heterocycles. The van der Waals surface area contributed by atoms with Crippen LogP contribution in [0, 0.1) is 11.6 Å². The van der Waals surface area contributed by atoms with Crippen LogP contribution in [0.25, 0.3) is 0 Å². The van der Waals surface area contributed by atoms with Gasteiger partial charge < -0.3 is 9.73 Å². The third kappa shape index (κ3) is 2.71. The molecule has 4 heteroatoms. The van der Waals surface area contributed by atoms with Crippen LogP contribution in [0.5, 0.6) is 0 Å². The maximum Gasteiger partial charge on any atom is 0.129 e. The summed E-state index contributed by atoms with van der Waals surface area (Å²) in [5, 5.41) is 3.07. The van der Waals surface area contributed by atoms with Gasteiger partial charge >= 0.3 is 0 Å². The van der Waals surface area contributed by atoms with Crippen LogP contribution in [0.4, 0.5) is 8.78 Å². The number of benzene rings is 1. The smallest absolute Gasteiger partial charge is 0.129 e. The summed E-state index contributed by atoms with van der Waals surface area (Å²) in [4.78, 5) is 0. The molecule has 1 unspecified atom stereocenters. The maximum atomic E-state index is 13.5. The predicted octanol–water partition coefficient (Wildman–Crippen LogP) is 3.06. The van der Waals surface area contributed by atoms with Crippen molar-refractivity contribution in [1.29, 1.82) is 0 Å². The molecular weight excluding hydrogens is 224 g/mol. The first-order valence-electron chi connectivity index (χ1n) is 5.34. The Morgan fingerprint density at radius 3 is 2.71 bits per heavy atom. The molecule has 17 heavy (non-hydrogen) atoms. The van der Waals surface area contributed by atoms with Gasteiger partial charge in [-0.1, -0.05) is 6.07 Å². The van der Waals surface area contributed by atoms with Crippen molar-refractivity contribution in [3.8, 4) is 0 Å². The summed E-state index contributed by atoms with van der Waals surface area (Å²) in [5.41, 5.74) is 1.42. The number of likely N-dealkylation sites (N-methyl/N-ethyl adjacent to an activating group) is 1. The standard InChI is InChI=1S/C13H13F2NO/c1-16-13(10-4-5-17-8-10)6-9-2-3-11(14)7-12(9)15/h2-5,7-8,13,16H,6H2,1H3. The van der Waals surface area contributed by atoms with E-state index in [0.29, 0.717) is 12.0 Å². The Bertz CT molecular complexity index is 482. The van der Waals surface area contributed by atoms with Crippen LogP contribution in [-0.2, 0) is 6.42 Å². The summed E-state index contributed by atoms with van der Waals surface area (Å²) in [6.45, 7) is 0. The van der Waals surface area contributed by atoms with Crippen molar-refractivity contribution < 1.29 is 13.2 Å². The predicted molar refractivity (Wildman–Crippen MR) is 60.6 cm³/mol. The van der Waals surface area contributed by atoms with Crippen LogP contribution in [0.1, 0.15) is 17.2 Å². The number of hydrogen-bond donors (Lipinski definition) is 1. The van der Waals surface area contributed by atoms with Gasteiger partial charge in [0.25, 0.3) is 0 Å². The fraction of sp³-hybridized carbons (Fsp3) is 0.231. The molecule has 1 heterocycles. The van der Waals surface area contributed by atoms with Crippen molar-refractivity contribution in [2.75, 3.05) is 7.05 Å². The highest BCUT2D eigenvalue weighted by Crippen LogP contribution is 2.20. The Morgan fingerprint density at radius 2 is 2.12 bits per heavy atom. The second kappa shape index (κ2) is 5.10. The molecule has 0 bridgehead atoms. The molecule has 0 saturated heterocycles. The third-order valence-corrected chi connectivity index (χ3v) is 2.73. The Kier molecular flexibility index (Phi) is 3.54. The van der Waals surface area contributed by atoms with Gasteiger partial charge in [0, 0.05) is 17.7 Å². The summed E-state index contributed by atoms with van der Waals surface area (Å²) < 4.78 is 31.3. The molecule has 0 radical (unpaired) electrons. The Morgan fingerprint density at radius 1 is 1.29 bits per heavy atom. The van der Waals surface area contributed by atoms with Gasteiger partial charge in [0.2, 0.25) is 0 Å². The van der Waals surface area contributed by atoms with Crippen LogP contribution < -0.4 is 5.32 Å². The summed E-state index contributed by atoms with van der Waals surface area (Å²) in [5.74, 6) is -1.08. The minimum atomic E-state index is -0.560. The third-order valence-electron chi connectivity index (χ3n) is 2.73. The van der Waals surface area contributed by atoms with Crippen molar-refractivity contribution in [2.45, 2.75) is 12.5 Å². The van der Waals surface area contributed by atoms with Crippen molar-refractivity contribution in [2.24, 2.45) is 0 Å². The molecule has 1 aromatic carbocycles. The van der Waals surface area contributed by atoms with Gasteiger partial charge in [-0.15, -0.1) is 0 Å². The summed E-state index contributed by atoms with van der Waals surface area (Å²) in [7, 11) is 1.79. The Hall–Kier alpha value is -1.68. The van der Waals surface area contributed by atoms with Crippen molar-refractivity contribution in [3.05, 3.63) is 59.6 Å². The molecule has 90 valence electrons. The maximum absolute atomic E-state index is 13.5. The molecule has 1 N–H and O–H groups in total. The fourth-order valence-corrected chi connectivity index (χ4v) is 1.77. The Balaban J connectivity index is 2.19. The van der Waals surface area contributed by atoms with Crippen LogP contribution in [-0.4, -0.2) is 7.05 Å². The number of nitrogens with one attached hydrogen (secondary N) is 1. The van der Waals surface area contributed by atoms with E-state index >= 15 is 0 Å². The van der Waals surface area contributed by atoms with Crippen molar-refractivity contribution in [1.82, 2.24) is 5.32 Å². The van der Waals surface area contributed by atoms with Crippen molar-refractivity contribution in [3.63, 3.8) is 0 Å². The molecule has 2 aromatic rings. The van der Waals surface area contributed by atoms with Gasteiger partial charge in [0.05, 0.1) is 12.5 Å². The normalized spacial score (nSPS) is 12.6. The highest BCUT2D eigenvalue weighted by Gasteiger charge is 2.14. The molecule has 2 nitrogen and oxygen atoms in total. The lowest BCUT2D eigenvalue weighted by Gasteiger charge is -2.14. The van der Waals surface area contributed by atoms with E-state index in [1.165, 1.54) is 12.1 Å². The molecule has 0 amide bonds. The van der Waals surface area contributed by atoms with Crippen LogP contribution in [0.2, 0.25) is 0 Å². The first-order valence-corrected chi connectivity index (χ1v) is 5.34. The summed E-state index contributed by atoms with van der Waals surface area (Å²) >= 11 is 0. The van der Waals surface area contributed by atoms with E-state index < -0.39 is 11.6 Å².